The fraction of sp³-hybridized carbons (Fsp3) is 0.400. The van der Waals surface area contributed by atoms with Crippen LogP contribution in [-0.4, -0.2) is 58.7 Å². The number of hydrogen-bond donors (Lipinski definition) is 1. The van der Waals surface area contributed by atoms with Gasteiger partial charge >= 0.3 is 11.9 Å². The molecule has 2 aromatic carbocycles. The summed E-state index contributed by atoms with van der Waals surface area (Å²) < 4.78 is 35.7. The van der Waals surface area contributed by atoms with E-state index in [0.29, 0.717) is 35.7 Å². The zero-order valence-electron chi connectivity index (χ0n) is 23.9. The van der Waals surface area contributed by atoms with Crippen molar-refractivity contribution in [2.75, 3.05) is 42.2 Å². The first-order chi connectivity index (χ1) is 19.5. The maximum atomic E-state index is 13.0. The number of hydrogen-bond acceptors (Lipinski definition) is 9. The Kier molecular flexibility index (Phi) is 13.0. The Morgan fingerprint density at radius 2 is 1.51 bits per heavy atom. The van der Waals surface area contributed by atoms with Crippen molar-refractivity contribution in [2.24, 2.45) is 0 Å². The van der Waals surface area contributed by atoms with Gasteiger partial charge in [0, 0.05) is 16.9 Å². The van der Waals surface area contributed by atoms with Gasteiger partial charge in [0.1, 0.15) is 24.7 Å². The predicted octanol–water partition coefficient (Wildman–Crippen LogP) is 4.65. The summed E-state index contributed by atoms with van der Waals surface area (Å²) in [6.45, 7) is 6.08. The summed E-state index contributed by atoms with van der Waals surface area (Å²) in [5.74, 6) is -1.44. The molecular formula is C30H37N3O7S. The number of aryl methyl sites for hydroxylation is 1. The summed E-state index contributed by atoms with van der Waals surface area (Å²) in [5.41, 5.74) is 2.30. The number of esters is 2. The molecule has 0 atom stereocenters. The van der Waals surface area contributed by atoms with Gasteiger partial charge in [-0.05, 0) is 73.4 Å². The number of benzene rings is 2. The van der Waals surface area contributed by atoms with E-state index < -0.39 is 27.7 Å². The molecule has 0 spiro atoms. The first kappa shape index (κ1) is 33.0. The standard InChI is InChI=1S/C30H37N3O7S/c1-5-7-15-39-28(34)20-33(21-29(35)40-16-8-6-2)27-14-11-24(22(3)17-27)18-25(19-31)30(36)23-9-12-26(13-10-23)32-41(4,37)38/h9-14,17-18,32H,5-8,15-16,20-21H2,1-4H3/b25-18+. The maximum absolute atomic E-state index is 13.0. The van der Waals surface area contributed by atoms with Gasteiger partial charge in [0.05, 0.1) is 19.5 Å². The number of rotatable bonds is 16. The third kappa shape index (κ3) is 11.5. The second-order valence-electron chi connectivity index (χ2n) is 9.50. The molecule has 1 N–H and O–H groups in total. The largest absolute Gasteiger partial charge is 0.464 e. The Labute approximate surface area is 242 Å². The Hall–Kier alpha value is -4.17. The molecule has 41 heavy (non-hydrogen) atoms. The van der Waals surface area contributed by atoms with Crippen molar-refractivity contribution >= 4 is 45.2 Å². The van der Waals surface area contributed by atoms with Gasteiger partial charge in [0.25, 0.3) is 0 Å². The fourth-order valence-corrected chi connectivity index (χ4v) is 4.25. The SMILES string of the molecule is CCCCOC(=O)CN(CC(=O)OCCCC)c1ccc(/C=C(\C#N)C(=O)c2ccc(NS(C)(=O)=O)cc2)c(C)c1. The number of carbonyl (C=O) groups is 3. The van der Waals surface area contributed by atoms with Crippen LogP contribution in [0.5, 0.6) is 0 Å². The van der Waals surface area contributed by atoms with E-state index in [1.165, 1.54) is 30.3 Å². The van der Waals surface area contributed by atoms with Gasteiger partial charge < -0.3 is 14.4 Å². The highest BCUT2D eigenvalue weighted by Gasteiger charge is 2.19. The van der Waals surface area contributed by atoms with Crippen LogP contribution in [0, 0.1) is 18.3 Å². The topological polar surface area (TPSA) is 143 Å². The van der Waals surface area contributed by atoms with E-state index in [0.717, 1.165) is 31.9 Å². The third-order valence-electron chi connectivity index (χ3n) is 5.90. The van der Waals surface area contributed by atoms with Crippen LogP contribution in [0.3, 0.4) is 0 Å². The molecule has 10 nitrogen and oxygen atoms in total. The molecule has 11 heteroatoms. The van der Waals surface area contributed by atoms with Crippen molar-refractivity contribution in [2.45, 2.75) is 46.5 Å². The second kappa shape index (κ2) is 16.2. The number of nitrogens with zero attached hydrogens (tertiary/aromatic N) is 2. The van der Waals surface area contributed by atoms with Gasteiger partial charge in [-0.15, -0.1) is 0 Å². The van der Waals surface area contributed by atoms with Crippen LogP contribution in [-0.2, 0) is 29.1 Å². The van der Waals surface area contributed by atoms with Crippen LogP contribution in [0.25, 0.3) is 6.08 Å². The number of allylic oxidation sites excluding steroid dienone is 1. The number of nitriles is 1. The predicted molar refractivity (Wildman–Crippen MR) is 158 cm³/mol. The quantitative estimate of drug-likeness (QED) is 0.0982. The summed E-state index contributed by atoms with van der Waals surface area (Å²) in [4.78, 5) is 39.4. The van der Waals surface area contributed by atoms with Crippen molar-refractivity contribution in [3.63, 3.8) is 0 Å². The molecule has 0 saturated carbocycles. The lowest BCUT2D eigenvalue weighted by Crippen LogP contribution is -2.36. The highest BCUT2D eigenvalue weighted by molar-refractivity contribution is 7.92. The number of nitrogens with one attached hydrogen (secondary N) is 1. The van der Waals surface area contributed by atoms with Crippen LogP contribution in [0.4, 0.5) is 11.4 Å². The smallest absolute Gasteiger partial charge is 0.325 e. The molecule has 2 rings (SSSR count). The molecule has 0 radical (unpaired) electrons. The summed E-state index contributed by atoms with van der Waals surface area (Å²) in [6.07, 6.45) is 5.74. The monoisotopic (exact) mass is 583 g/mol. The van der Waals surface area contributed by atoms with Crippen molar-refractivity contribution < 1.29 is 32.3 Å². The van der Waals surface area contributed by atoms with Gasteiger partial charge in [-0.2, -0.15) is 5.26 Å². The van der Waals surface area contributed by atoms with E-state index in [4.69, 9.17) is 9.47 Å². The molecule has 0 heterocycles. The van der Waals surface area contributed by atoms with Crippen LogP contribution in [0.15, 0.2) is 48.0 Å². The van der Waals surface area contributed by atoms with E-state index in [-0.39, 0.29) is 24.2 Å². The summed E-state index contributed by atoms with van der Waals surface area (Å²) in [6, 6.07) is 12.9. The lowest BCUT2D eigenvalue weighted by molar-refractivity contribution is -0.143. The molecule has 0 saturated heterocycles. The molecule has 0 aromatic heterocycles. The normalized spacial score (nSPS) is 11.3. The van der Waals surface area contributed by atoms with Crippen LogP contribution in [0.1, 0.15) is 61.0 Å². The highest BCUT2D eigenvalue weighted by Crippen LogP contribution is 2.23. The number of carbonyl (C=O) groups excluding carboxylic acids is 3. The lowest BCUT2D eigenvalue weighted by atomic mass is 9.99. The molecule has 0 unspecified atom stereocenters. The summed E-state index contributed by atoms with van der Waals surface area (Å²) in [7, 11) is -3.46. The Balaban J connectivity index is 2.27. The minimum atomic E-state index is -3.46. The molecule has 0 amide bonds. The molecule has 0 bridgehead atoms. The zero-order chi connectivity index (χ0) is 30.4. The Morgan fingerprint density at radius 1 is 0.951 bits per heavy atom. The molecule has 0 aliphatic heterocycles. The Morgan fingerprint density at radius 3 is 1.98 bits per heavy atom. The van der Waals surface area contributed by atoms with Gasteiger partial charge in [0.15, 0.2) is 0 Å². The Bertz CT molecular complexity index is 1370. The van der Waals surface area contributed by atoms with E-state index >= 15 is 0 Å². The zero-order valence-corrected chi connectivity index (χ0v) is 24.8. The minimum absolute atomic E-state index is 0.111. The highest BCUT2D eigenvalue weighted by atomic mass is 32.2. The number of Topliss-reactive ketones (excluding diaryl/α,β-unsaturated/α-hetero) is 1. The summed E-state index contributed by atoms with van der Waals surface area (Å²) in [5, 5.41) is 9.69. The number of anilines is 2. The average molecular weight is 584 g/mol. The lowest BCUT2D eigenvalue weighted by Gasteiger charge is -2.24. The first-order valence-corrected chi connectivity index (χ1v) is 15.3. The van der Waals surface area contributed by atoms with Gasteiger partial charge in [-0.3, -0.25) is 19.1 Å². The molecule has 0 aliphatic rings. The fourth-order valence-electron chi connectivity index (χ4n) is 3.68. The van der Waals surface area contributed by atoms with Gasteiger partial charge in [-0.1, -0.05) is 32.8 Å². The third-order valence-corrected chi connectivity index (χ3v) is 6.50. The minimum Gasteiger partial charge on any atom is -0.464 e. The summed E-state index contributed by atoms with van der Waals surface area (Å²) >= 11 is 0. The number of sulfonamides is 1. The number of unbranched alkanes of at least 4 members (excludes halogenated alkanes) is 2. The van der Waals surface area contributed by atoms with Gasteiger partial charge in [-0.25, -0.2) is 8.42 Å². The number of ether oxygens (including phenoxy) is 2. The van der Waals surface area contributed by atoms with E-state index in [9.17, 15) is 28.1 Å². The first-order valence-electron chi connectivity index (χ1n) is 13.4. The van der Waals surface area contributed by atoms with Crippen molar-refractivity contribution in [1.82, 2.24) is 0 Å². The van der Waals surface area contributed by atoms with E-state index in [1.54, 1.807) is 30.0 Å². The van der Waals surface area contributed by atoms with Crippen LogP contribution < -0.4 is 9.62 Å². The number of ketones is 1. The van der Waals surface area contributed by atoms with Crippen molar-refractivity contribution in [3.8, 4) is 6.07 Å². The molecule has 2 aromatic rings. The molecule has 220 valence electrons. The van der Waals surface area contributed by atoms with Crippen LogP contribution >= 0.6 is 0 Å². The second-order valence-corrected chi connectivity index (χ2v) is 11.2. The maximum Gasteiger partial charge on any atom is 0.325 e. The van der Waals surface area contributed by atoms with Crippen molar-refractivity contribution in [1.29, 1.82) is 5.26 Å². The molecule has 0 fully saturated rings. The van der Waals surface area contributed by atoms with Crippen LogP contribution in [0.2, 0.25) is 0 Å². The van der Waals surface area contributed by atoms with E-state index in [2.05, 4.69) is 4.72 Å². The van der Waals surface area contributed by atoms with Gasteiger partial charge in [0.2, 0.25) is 15.8 Å². The average Bonchev–Trinajstić information content (AvgIpc) is 2.91. The van der Waals surface area contributed by atoms with E-state index in [1.807, 2.05) is 19.9 Å². The van der Waals surface area contributed by atoms with Crippen molar-refractivity contribution in [3.05, 3.63) is 64.7 Å². The molecule has 0 aliphatic carbocycles. The molecular weight excluding hydrogens is 546 g/mol.